The van der Waals surface area contributed by atoms with Gasteiger partial charge in [0.2, 0.25) is 0 Å². The van der Waals surface area contributed by atoms with Crippen molar-refractivity contribution < 1.29 is 14.3 Å². The zero-order valence-electron chi connectivity index (χ0n) is 17.1. The molecule has 2 amide bonds. The van der Waals surface area contributed by atoms with E-state index in [1.165, 1.54) is 4.90 Å². The van der Waals surface area contributed by atoms with E-state index in [0.717, 1.165) is 35.8 Å². The fourth-order valence-electron chi connectivity index (χ4n) is 3.26. The first kappa shape index (κ1) is 23.8. The van der Waals surface area contributed by atoms with Crippen LogP contribution in [0.3, 0.4) is 0 Å². The maximum atomic E-state index is 12.9. The van der Waals surface area contributed by atoms with Crippen LogP contribution in [0.5, 0.6) is 5.75 Å². The highest BCUT2D eigenvalue weighted by Gasteiger charge is 2.35. The Balaban J connectivity index is 1.52. The molecule has 0 radical (unpaired) electrons. The lowest BCUT2D eigenvalue weighted by molar-refractivity contribution is -0.123. The summed E-state index contributed by atoms with van der Waals surface area (Å²) in [5.41, 5.74) is 3.00. The molecule has 1 aliphatic rings. The highest BCUT2D eigenvalue weighted by molar-refractivity contribution is 14.1. The van der Waals surface area contributed by atoms with Gasteiger partial charge in [-0.25, -0.2) is 0 Å². The van der Waals surface area contributed by atoms with Crippen LogP contribution in [0, 0.1) is 18.5 Å². The van der Waals surface area contributed by atoms with Gasteiger partial charge >= 0.3 is 0 Å². The van der Waals surface area contributed by atoms with Gasteiger partial charge < -0.3 is 4.74 Å². The van der Waals surface area contributed by atoms with Gasteiger partial charge in [0.05, 0.1) is 30.2 Å². The average Bonchev–Trinajstić information content (AvgIpc) is 3.07. The molecular weight excluding hydrogens is 662 g/mol. The van der Waals surface area contributed by atoms with Crippen LogP contribution in [0.25, 0.3) is 6.08 Å². The molecule has 0 unspecified atom stereocenters. The smallest absolute Gasteiger partial charge is 0.293 e. The van der Waals surface area contributed by atoms with Crippen molar-refractivity contribution >= 4 is 74.2 Å². The summed E-state index contributed by atoms with van der Waals surface area (Å²) in [5, 5.41) is 8.94. The second-order valence-electron chi connectivity index (χ2n) is 7.12. The van der Waals surface area contributed by atoms with Gasteiger partial charge in [-0.05, 0) is 97.9 Å². The number of nitriles is 1. The third-order valence-corrected chi connectivity index (χ3v) is 7.39. The van der Waals surface area contributed by atoms with Crippen molar-refractivity contribution in [3.05, 3.63) is 101 Å². The highest BCUT2D eigenvalue weighted by atomic mass is 127. The fraction of sp³-hybridized carbons (Fsp3) is 0.0800. The molecule has 1 heterocycles. The van der Waals surface area contributed by atoms with Crippen molar-refractivity contribution in [3.63, 3.8) is 0 Å². The van der Waals surface area contributed by atoms with E-state index in [4.69, 9.17) is 4.74 Å². The lowest BCUT2D eigenvalue weighted by Crippen LogP contribution is -2.27. The molecular formula is C25H16I2N2O3S. The van der Waals surface area contributed by atoms with Crippen molar-refractivity contribution in [3.8, 4) is 11.8 Å². The molecule has 3 aromatic rings. The average molecular weight is 678 g/mol. The third-order valence-electron chi connectivity index (χ3n) is 4.88. The van der Waals surface area contributed by atoms with E-state index in [2.05, 4.69) is 51.3 Å². The first-order valence-corrected chi connectivity index (χ1v) is 12.8. The molecule has 8 heteroatoms. The Hall–Kier alpha value is -2.36. The molecule has 5 nitrogen and oxygen atoms in total. The number of amides is 2. The van der Waals surface area contributed by atoms with E-state index < -0.39 is 0 Å². The maximum absolute atomic E-state index is 12.9. The largest absolute Gasteiger partial charge is 0.487 e. The Morgan fingerprint density at radius 2 is 1.67 bits per heavy atom. The Morgan fingerprint density at radius 1 is 1.00 bits per heavy atom. The minimum absolute atomic E-state index is 0.0765. The highest BCUT2D eigenvalue weighted by Crippen LogP contribution is 2.36. The molecule has 0 bridgehead atoms. The molecule has 1 fully saturated rings. The van der Waals surface area contributed by atoms with Gasteiger partial charge in [-0.2, -0.15) is 5.26 Å². The Labute approximate surface area is 223 Å². The summed E-state index contributed by atoms with van der Waals surface area (Å²) in [4.78, 5) is 27.0. The minimum Gasteiger partial charge on any atom is -0.487 e. The number of nitrogens with zero attached hydrogens (tertiary/aromatic N) is 2. The quantitative estimate of drug-likeness (QED) is 0.218. The Kier molecular flexibility index (Phi) is 7.72. The van der Waals surface area contributed by atoms with E-state index in [1.54, 1.807) is 30.3 Å². The predicted octanol–water partition coefficient (Wildman–Crippen LogP) is 6.58. The lowest BCUT2D eigenvalue weighted by atomic mass is 10.1. The molecule has 4 rings (SSSR count). The number of rotatable bonds is 6. The monoisotopic (exact) mass is 678 g/mol. The number of halogens is 2. The fourth-order valence-corrected chi connectivity index (χ4v) is 6.22. The summed E-state index contributed by atoms with van der Waals surface area (Å²) in [5.74, 6) is 0.436. The molecule has 0 spiro atoms. The molecule has 164 valence electrons. The van der Waals surface area contributed by atoms with Gasteiger partial charge in [-0.1, -0.05) is 48.5 Å². The SMILES string of the molecule is N#Cc1ccccc1CN1C(=O)S/C(=C/c2cc(I)c(OCc3ccccc3)c(I)c2)C1=O. The van der Waals surface area contributed by atoms with Crippen LogP contribution in [0.2, 0.25) is 0 Å². The number of imide groups is 1. The number of thioether (sulfide) groups is 1. The van der Waals surface area contributed by atoms with Crippen LogP contribution in [0.15, 0.2) is 71.6 Å². The second-order valence-corrected chi connectivity index (χ2v) is 10.4. The van der Waals surface area contributed by atoms with E-state index in [0.29, 0.717) is 22.6 Å². The van der Waals surface area contributed by atoms with Crippen molar-refractivity contribution in [2.24, 2.45) is 0 Å². The Morgan fingerprint density at radius 3 is 2.36 bits per heavy atom. The number of hydrogen-bond acceptors (Lipinski definition) is 5. The number of benzene rings is 3. The molecule has 0 N–H and O–H groups in total. The molecule has 0 atom stereocenters. The van der Waals surface area contributed by atoms with Crippen LogP contribution in [-0.4, -0.2) is 16.0 Å². The van der Waals surface area contributed by atoms with Crippen LogP contribution >= 0.6 is 56.9 Å². The first-order valence-electron chi connectivity index (χ1n) is 9.85. The van der Waals surface area contributed by atoms with Crippen molar-refractivity contribution in [1.29, 1.82) is 5.26 Å². The zero-order valence-corrected chi connectivity index (χ0v) is 22.3. The molecule has 1 aliphatic heterocycles. The van der Waals surface area contributed by atoms with Gasteiger partial charge in [-0.3, -0.25) is 14.5 Å². The molecule has 0 saturated carbocycles. The van der Waals surface area contributed by atoms with Crippen LogP contribution in [0.4, 0.5) is 4.79 Å². The molecule has 33 heavy (non-hydrogen) atoms. The van der Waals surface area contributed by atoms with Gasteiger partial charge in [0.25, 0.3) is 11.1 Å². The van der Waals surface area contributed by atoms with E-state index in [-0.39, 0.29) is 17.7 Å². The van der Waals surface area contributed by atoms with Crippen molar-refractivity contribution in [1.82, 2.24) is 4.90 Å². The first-order chi connectivity index (χ1) is 16.0. The molecule has 0 aliphatic carbocycles. The topological polar surface area (TPSA) is 70.4 Å². The lowest BCUT2D eigenvalue weighted by Gasteiger charge is -2.13. The van der Waals surface area contributed by atoms with Gasteiger partial charge in [0.15, 0.2) is 0 Å². The van der Waals surface area contributed by atoms with E-state index >= 15 is 0 Å². The zero-order chi connectivity index (χ0) is 23.4. The van der Waals surface area contributed by atoms with Gasteiger partial charge in [0, 0.05) is 0 Å². The molecule has 3 aromatic carbocycles. The standard InChI is InChI=1S/C25H16I2N2O3S/c26-20-10-17(11-21(27)23(20)32-15-16-6-2-1-3-7-16)12-22-24(30)29(25(31)33-22)14-19-9-5-4-8-18(19)13-28/h1-12H,14-15H2/b22-12+. The van der Waals surface area contributed by atoms with Gasteiger partial charge in [0.1, 0.15) is 12.4 Å². The minimum atomic E-state index is -0.354. The summed E-state index contributed by atoms with van der Waals surface area (Å²) in [7, 11) is 0. The second kappa shape index (κ2) is 10.7. The van der Waals surface area contributed by atoms with Crippen LogP contribution < -0.4 is 4.74 Å². The maximum Gasteiger partial charge on any atom is 0.293 e. The van der Waals surface area contributed by atoms with Crippen molar-refractivity contribution in [2.45, 2.75) is 13.2 Å². The predicted molar refractivity (Wildman–Crippen MR) is 145 cm³/mol. The van der Waals surface area contributed by atoms with E-state index in [9.17, 15) is 14.9 Å². The Bertz CT molecular complexity index is 1280. The number of carbonyl (C=O) groups excluding carboxylic acids is 2. The summed E-state index contributed by atoms with van der Waals surface area (Å²) >= 11 is 5.35. The number of hydrogen-bond donors (Lipinski definition) is 0. The molecule has 0 aromatic heterocycles. The summed E-state index contributed by atoms with van der Waals surface area (Å²) in [6.45, 7) is 0.544. The number of carbonyl (C=O) groups is 2. The third kappa shape index (κ3) is 5.59. The van der Waals surface area contributed by atoms with Crippen LogP contribution in [0.1, 0.15) is 22.3 Å². The summed E-state index contributed by atoms with van der Waals surface area (Å²) in [6.07, 6.45) is 1.73. The van der Waals surface area contributed by atoms with Crippen LogP contribution in [-0.2, 0) is 17.9 Å². The normalized spacial score (nSPS) is 14.6. The number of ether oxygens (including phenoxy) is 1. The van der Waals surface area contributed by atoms with Gasteiger partial charge in [-0.15, -0.1) is 0 Å². The van der Waals surface area contributed by atoms with E-state index in [1.807, 2.05) is 42.5 Å². The summed E-state index contributed by atoms with van der Waals surface area (Å²) < 4.78 is 7.87. The molecule has 1 saturated heterocycles. The van der Waals surface area contributed by atoms with Crippen molar-refractivity contribution in [2.75, 3.05) is 0 Å². The summed E-state index contributed by atoms with van der Waals surface area (Å²) in [6, 6.07) is 22.9.